The van der Waals surface area contributed by atoms with E-state index in [0.717, 1.165) is 18.8 Å². The SMILES string of the molecule is CCCNc1ccc(C(=O)NCC(C)(C)OC)cn1. The molecule has 1 rings (SSSR count). The van der Waals surface area contributed by atoms with Gasteiger partial charge in [0.1, 0.15) is 5.82 Å². The van der Waals surface area contributed by atoms with Crippen LogP contribution in [-0.4, -0.2) is 36.7 Å². The van der Waals surface area contributed by atoms with Gasteiger partial charge in [0, 0.05) is 26.4 Å². The first-order chi connectivity index (χ1) is 8.98. The van der Waals surface area contributed by atoms with Gasteiger partial charge in [-0.15, -0.1) is 0 Å². The van der Waals surface area contributed by atoms with E-state index in [9.17, 15) is 4.79 Å². The highest BCUT2D eigenvalue weighted by Gasteiger charge is 2.17. The first-order valence-electron chi connectivity index (χ1n) is 6.52. The molecule has 1 heterocycles. The minimum Gasteiger partial charge on any atom is -0.377 e. The summed E-state index contributed by atoms with van der Waals surface area (Å²) >= 11 is 0. The third-order valence-electron chi connectivity index (χ3n) is 2.81. The van der Waals surface area contributed by atoms with Gasteiger partial charge >= 0.3 is 0 Å². The van der Waals surface area contributed by atoms with E-state index < -0.39 is 0 Å². The summed E-state index contributed by atoms with van der Waals surface area (Å²) in [6.07, 6.45) is 2.61. The molecule has 0 atom stereocenters. The number of nitrogens with zero attached hydrogens (tertiary/aromatic N) is 1. The Kier molecular flexibility index (Phi) is 5.76. The van der Waals surface area contributed by atoms with Crippen LogP contribution in [0.1, 0.15) is 37.6 Å². The summed E-state index contributed by atoms with van der Waals surface area (Å²) in [7, 11) is 1.63. The Bertz CT molecular complexity index is 402. The molecule has 0 saturated carbocycles. The molecule has 0 bridgehead atoms. The minimum atomic E-state index is -0.369. The molecule has 0 radical (unpaired) electrons. The zero-order valence-corrected chi connectivity index (χ0v) is 12.1. The van der Waals surface area contributed by atoms with Crippen molar-refractivity contribution >= 4 is 11.7 Å². The standard InChI is InChI=1S/C14H23N3O2/c1-5-8-15-12-7-6-11(9-16-12)13(18)17-10-14(2,3)19-4/h6-7,9H,5,8,10H2,1-4H3,(H,15,16)(H,17,18). The molecular weight excluding hydrogens is 242 g/mol. The highest BCUT2D eigenvalue weighted by atomic mass is 16.5. The summed E-state index contributed by atoms with van der Waals surface area (Å²) in [6.45, 7) is 7.26. The molecule has 0 spiro atoms. The van der Waals surface area contributed by atoms with Crippen LogP contribution in [0.5, 0.6) is 0 Å². The van der Waals surface area contributed by atoms with Gasteiger partial charge in [-0.25, -0.2) is 4.98 Å². The van der Waals surface area contributed by atoms with E-state index in [4.69, 9.17) is 4.74 Å². The molecular formula is C14H23N3O2. The van der Waals surface area contributed by atoms with Crippen LogP contribution in [0.2, 0.25) is 0 Å². The van der Waals surface area contributed by atoms with E-state index in [0.29, 0.717) is 12.1 Å². The van der Waals surface area contributed by atoms with E-state index in [1.165, 1.54) is 0 Å². The zero-order valence-electron chi connectivity index (χ0n) is 12.1. The van der Waals surface area contributed by atoms with Crippen molar-refractivity contribution in [1.29, 1.82) is 0 Å². The second-order valence-electron chi connectivity index (χ2n) is 5.01. The number of hydrogen-bond acceptors (Lipinski definition) is 4. The molecule has 0 unspecified atom stereocenters. The molecule has 2 N–H and O–H groups in total. The van der Waals surface area contributed by atoms with Gasteiger partial charge in [0.2, 0.25) is 0 Å². The van der Waals surface area contributed by atoms with Crippen molar-refractivity contribution in [2.45, 2.75) is 32.8 Å². The van der Waals surface area contributed by atoms with Gasteiger partial charge in [0.25, 0.3) is 5.91 Å². The Morgan fingerprint density at radius 2 is 2.16 bits per heavy atom. The monoisotopic (exact) mass is 265 g/mol. The fraction of sp³-hybridized carbons (Fsp3) is 0.571. The third kappa shape index (κ3) is 5.26. The Labute approximate surface area is 114 Å². The molecule has 106 valence electrons. The highest BCUT2D eigenvalue weighted by Crippen LogP contribution is 2.07. The fourth-order valence-corrected chi connectivity index (χ4v) is 1.35. The predicted molar refractivity (Wildman–Crippen MR) is 76.4 cm³/mol. The Hall–Kier alpha value is -1.62. The minimum absolute atomic E-state index is 0.139. The van der Waals surface area contributed by atoms with Crippen LogP contribution < -0.4 is 10.6 Å². The molecule has 0 aliphatic heterocycles. The lowest BCUT2D eigenvalue weighted by Crippen LogP contribution is -2.39. The molecule has 0 aliphatic rings. The summed E-state index contributed by atoms with van der Waals surface area (Å²) in [4.78, 5) is 16.1. The van der Waals surface area contributed by atoms with Crippen LogP contribution in [0, 0.1) is 0 Å². The molecule has 19 heavy (non-hydrogen) atoms. The number of ether oxygens (including phenoxy) is 1. The molecule has 5 heteroatoms. The van der Waals surface area contributed by atoms with Crippen molar-refractivity contribution in [3.8, 4) is 0 Å². The van der Waals surface area contributed by atoms with Gasteiger partial charge in [-0.1, -0.05) is 6.92 Å². The Morgan fingerprint density at radius 3 is 2.68 bits per heavy atom. The van der Waals surface area contributed by atoms with Crippen LogP contribution in [0.4, 0.5) is 5.82 Å². The normalized spacial score (nSPS) is 11.2. The maximum Gasteiger partial charge on any atom is 0.252 e. The Morgan fingerprint density at radius 1 is 1.42 bits per heavy atom. The van der Waals surface area contributed by atoms with Crippen molar-refractivity contribution in [3.63, 3.8) is 0 Å². The molecule has 5 nitrogen and oxygen atoms in total. The number of hydrogen-bond donors (Lipinski definition) is 2. The van der Waals surface area contributed by atoms with E-state index in [-0.39, 0.29) is 11.5 Å². The second-order valence-corrected chi connectivity index (χ2v) is 5.01. The van der Waals surface area contributed by atoms with Crippen LogP contribution in [0.15, 0.2) is 18.3 Å². The number of nitrogens with one attached hydrogen (secondary N) is 2. The molecule has 1 aromatic heterocycles. The third-order valence-corrected chi connectivity index (χ3v) is 2.81. The van der Waals surface area contributed by atoms with Gasteiger partial charge in [-0.05, 0) is 32.4 Å². The number of anilines is 1. The zero-order chi connectivity index (χ0) is 14.3. The molecule has 0 saturated heterocycles. The lowest BCUT2D eigenvalue weighted by molar-refractivity contribution is 0.0228. The van der Waals surface area contributed by atoms with Gasteiger partial charge in [0.05, 0.1) is 11.2 Å². The quantitative estimate of drug-likeness (QED) is 0.792. The van der Waals surface area contributed by atoms with E-state index in [1.807, 2.05) is 19.9 Å². The Balaban J connectivity index is 2.53. The van der Waals surface area contributed by atoms with Crippen molar-refractivity contribution in [2.24, 2.45) is 0 Å². The summed E-state index contributed by atoms with van der Waals surface area (Å²) < 4.78 is 5.25. The van der Waals surface area contributed by atoms with Gasteiger partial charge in [-0.2, -0.15) is 0 Å². The summed E-state index contributed by atoms with van der Waals surface area (Å²) in [5.41, 5.74) is 0.181. The maximum atomic E-state index is 11.9. The van der Waals surface area contributed by atoms with Gasteiger partial charge in [-0.3, -0.25) is 4.79 Å². The van der Waals surface area contributed by atoms with Crippen molar-refractivity contribution < 1.29 is 9.53 Å². The number of methoxy groups -OCH3 is 1. The molecule has 0 aliphatic carbocycles. The van der Waals surface area contributed by atoms with E-state index >= 15 is 0 Å². The molecule has 1 amide bonds. The van der Waals surface area contributed by atoms with Crippen LogP contribution in [0.3, 0.4) is 0 Å². The van der Waals surface area contributed by atoms with E-state index in [2.05, 4.69) is 22.5 Å². The fourth-order valence-electron chi connectivity index (χ4n) is 1.35. The van der Waals surface area contributed by atoms with Gasteiger partial charge in [0.15, 0.2) is 0 Å². The summed E-state index contributed by atoms with van der Waals surface area (Å²) in [5, 5.41) is 5.99. The second kappa shape index (κ2) is 7.09. The lowest BCUT2D eigenvalue weighted by Gasteiger charge is -2.23. The maximum absolute atomic E-state index is 11.9. The van der Waals surface area contributed by atoms with Crippen LogP contribution >= 0.6 is 0 Å². The summed E-state index contributed by atoms with van der Waals surface area (Å²) in [5.74, 6) is 0.648. The van der Waals surface area contributed by atoms with E-state index in [1.54, 1.807) is 19.4 Å². The first-order valence-corrected chi connectivity index (χ1v) is 6.52. The van der Waals surface area contributed by atoms with Crippen molar-refractivity contribution in [1.82, 2.24) is 10.3 Å². The predicted octanol–water partition coefficient (Wildman–Crippen LogP) is 2.06. The highest BCUT2D eigenvalue weighted by molar-refractivity contribution is 5.94. The topological polar surface area (TPSA) is 63.2 Å². The lowest BCUT2D eigenvalue weighted by atomic mass is 10.1. The first kappa shape index (κ1) is 15.4. The van der Waals surface area contributed by atoms with Crippen LogP contribution in [0.25, 0.3) is 0 Å². The van der Waals surface area contributed by atoms with Crippen molar-refractivity contribution in [3.05, 3.63) is 23.9 Å². The number of carbonyl (C=O) groups excluding carboxylic acids is 1. The number of rotatable bonds is 7. The summed E-state index contributed by atoms with van der Waals surface area (Å²) in [6, 6.07) is 3.58. The largest absolute Gasteiger partial charge is 0.377 e. The number of amides is 1. The molecule has 0 aromatic carbocycles. The number of aromatic nitrogens is 1. The molecule has 0 fully saturated rings. The average molecular weight is 265 g/mol. The van der Waals surface area contributed by atoms with Crippen molar-refractivity contribution in [2.75, 3.05) is 25.5 Å². The number of pyridine rings is 1. The molecule has 1 aromatic rings. The smallest absolute Gasteiger partial charge is 0.252 e. The van der Waals surface area contributed by atoms with Gasteiger partial charge < -0.3 is 15.4 Å². The average Bonchev–Trinajstić information content (AvgIpc) is 2.43. The number of carbonyl (C=O) groups is 1. The van der Waals surface area contributed by atoms with Crippen LogP contribution in [-0.2, 0) is 4.74 Å².